The maximum Gasteiger partial charge on any atom is 0.157 e. The molecule has 0 amide bonds. The van der Waals surface area contributed by atoms with Gasteiger partial charge in [-0.05, 0) is 19.4 Å². The van der Waals surface area contributed by atoms with Crippen LogP contribution in [-0.4, -0.2) is 24.1 Å². The zero-order valence-corrected chi connectivity index (χ0v) is 12.2. The van der Waals surface area contributed by atoms with Gasteiger partial charge in [0.2, 0.25) is 0 Å². The molecule has 18 heavy (non-hydrogen) atoms. The minimum absolute atomic E-state index is 0.0103. The number of aromatic nitrogens is 2. The molecule has 1 N–H and O–H groups in total. The van der Waals surface area contributed by atoms with Gasteiger partial charge in [-0.2, -0.15) is 0 Å². The van der Waals surface area contributed by atoms with Crippen molar-refractivity contribution in [2.24, 2.45) is 0 Å². The first-order valence-electron chi connectivity index (χ1n) is 6.67. The van der Waals surface area contributed by atoms with Gasteiger partial charge in [-0.1, -0.05) is 27.2 Å². The molecule has 0 aliphatic rings. The van der Waals surface area contributed by atoms with Gasteiger partial charge in [0, 0.05) is 25.4 Å². The second kappa shape index (κ2) is 7.44. The minimum atomic E-state index is 0.0103. The summed E-state index contributed by atoms with van der Waals surface area (Å²) in [5.41, 5.74) is 2.29. The molecule has 4 nitrogen and oxygen atoms in total. The van der Waals surface area contributed by atoms with Crippen molar-refractivity contribution in [3.05, 3.63) is 23.3 Å². The van der Waals surface area contributed by atoms with E-state index >= 15 is 0 Å². The molecule has 0 saturated heterocycles. The standard InChI is InChI=1S/C14H25N3O/c1-6-7-12(18-5)14-16-9-11(8-15-4)13(17-14)10(2)3/h9-10,12,15H,6-8H2,1-5H3. The Bertz CT molecular complexity index is 366. The Morgan fingerprint density at radius 3 is 2.61 bits per heavy atom. The average Bonchev–Trinajstić information content (AvgIpc) is 2.36. The lowest BCUT2D eigenvalue weighted by Crippen LogP contribution is -2.14. The van der Waals surface area contributed by atoms with Crippen molar-refractivity contribution in [3.8, 4) is 0 Å². The number of rotatable bonds is 7. The summed E-state index contributed by atoms with van der Waals surface area (Å²) in [7, 11) is 3.66. The normalized spacial score (nSPS) is 13.0. The predicted octanol–water partition coefficient (Wildman–Crippen LogP) is 2.81. The third kappa shape index (κ3) is 3.75. The zero-order valence-electron chi connectivity index (χ0n) is 12.2. The quantitative estimate of drug-likeness (QED) is 0.809. The second-order valence-electron chi connectivity index (χ2n) is 4.84. The third-order valence-corrected chi connectivity index (χ3v) is 2.95. The highest BCUT2D eigenvalue weighted by molar-refractivity contribution is 5.21. The fourth-order valence-electron chi connectivity index (χ4n) is 2.03. The molecule has 102 valence electrons. The topological polar surface area (TPSA) is 47.0 Å². The van der Waals surface area contributed by atoms with Gasteiger partial charge in [-0.25, -0.2) is 9.97 Å². The summed E-state index contributed by atoms with van der Waals surface area (Å²) >= 11 is 0. The molecule has 1 unspecified atom stereocenters. The summed E-state index contributed by atoms with van der Waals surface area (Å²) < 4.78 is 5.47. The lowest BCUT2D eigenvalue weighted by atomic mass is 10.0. The van der Waals surface area contributed by atoms with Crippen molar-refractivity contribution < 1.29 is 4.74 Å². The van der Waals surface area contributed by atoms with E-state index in [2.05, 4.69) is 31.1 Å². The molecular weight excluding hydrogens is 226 g/mol. The van der Waals surface area contributed by atoms with E-state index in [1.54, 1.807) is 7.11 Å². The monoisotopic (exact) mass is 251 g/mol. The highest BCUT2D eigenvalue weighted by Crippen LogP contribution is 2.22. The molecular formula is C14H25N3O. The van der Waals surface area contributed by atoms with Crippen molar-refractivity contribution in [2.75, 3.05) is 14.2 Å². The number of nitrogens with one attached hydrogen (secondary N) is 1. The van der Waals surface area contributed by atoms with E-state index in [0.717, 1.165) is 30.9 Å². The molecule has 1 heterocycles. The van der Waals surface area contributed by atoms with Crippen molar-refractivity contribution >= 4 is 0 Å². The SMILES string of the molecule is CCCC(OC)c1ncc(CNC)c(C(C)C)n1. The van der Waals surface area contributed by atoms with Crippen molar-refractivity contribution in [1.29, 1.82) is 0 Å². The van der Waals surface area contributed by atoms with Crippen LogP contribution >= 0.6 is 0 Å². The first kappa shape index (κ1) is 15.1. The van der Waals surface area contributed by atoms with Gasteiger partial charge in [-0.15, -0.1) is 0 Å². The molecule has 0 aromatic carbocycles. The van der Waals surface area contributed by atoms with Gasteiger partial charge in [0.15, 0.2) is 5.82 Å². The van der Waals surface area contributed by atoms with Crippen LogP contribution in [-0.2, 0) is 11.3 Å². The fourth-order valence-corrected chi connectivity index (χ4v) is 2.03. The second-order valence-corrected chi connectivity index (χ2v) is 4.84. The van der Waals surface area contributed by atoms with Crippen LogP contribution in [0.15, 0.2) is 6.20 Å². The summed E-state index contributed by atoms with van der Waals surface area (Å²) in [6.07, 6.45) is 3.96. The predicted molar refractivity (Wildman–Crippen MR) is 73.5 cm³/mol. The lowest BCUT2D eigenvalue weighted by molar-refractivity contribution is 0.0873. The molecule has 1 aromatic heterocycles. The fraction of sp³-hybridized carbons (Fsp3) is 0.714. The highest BCUT2D eigenvalue weighted by atomic mass is 16.5. The first-order valence-corrected chi connectivity index (χ1v) is 6.67. The molecule has 0 aliphatic heterocycles. The Kier molecular flexibility index (Phi) is 6.22. The number of methoxy groups -OCH3 is 1. The molecule has 0 fully saturated rings. The zero-order chi connectivity index (χ0) is 13.5. The molecule has 0 aliphatic carbocycles. The Morgan fingerprint density at radius 2 is 2.11 bits per heavy atom. The van der Waals surface area contributed by atoms with Crippen LogP contribution in [0.1, 0.15) is 62.7 Å². The van der Waals surface area contributed by atoms with Gasteiger partial charge in [0.05, 0.1) is 5.69 Å². The third-order valence-electron chi connectivity index (χ3n) is 2.95. The van der Waals surface area contributed by atoms with Crippen LogP contribution in [0.2, 0.25) is 0 Å². The molecule has 0 saturated carbocycles. The van der Waals surface area contributed by atoms with Gasteiger partial charge >= 0.3 is 0 Å². The Balaban J connectivity index is 3.05. The number of ether oxygens (including phenoxy) is 1. The van der Waals surface area contributed by atoms with Gasteiger partial charge < -0.3 is 10.1 Å². The Morgan fingerprint density at radius 1 is 1.39 bits per heavy atom. The van der Waals surface area contributed by atoms with Crippen LogP contribution < -0.4 is 5.32 Å². The van der Waals surface area contributed by atoms with Crippen LogP contribution in [0.4, 0.5) is 0 Å². The largest absolute Gasteiger partial charge is 0.373 e. The molecule has 1 atom stereocenters. The number of hydrogen-bond donors (Lipinski definition) is 1. The molecule has 0 bridgehead atoms. The summed E-state index contributed by atoms with van der Waals surface area (Å²) in [4.78, 5) is 9.16. The summed E-state index contributed by atoms with van der Waals surface area (Å²) in [6, 6.07) is 0. The van der Waals surface area contributed by atoms with E-state index in [9.17, 15) is 0 Å². The maximum absolute atomic E-state index is 5.47. The van der Waals surface area contributed by atoms with Crippen LogP contribution in [0.25, 0.3) is 0 Å². The van der Waals surface area contributed by atoms with E-state index in [-0.39, 0.29) is 6.10 Å². The van der Waals surface area contributed by atoms with Gasteiger partial charge in [-0.3, -0.25) is 0 Å². The summed E-state index contributed by atoms with van der Waals surface area (Å²) in [6.45, 7) is 7.27. The van der Waals surface area contributed by atoms with E-state index < -0.39 is 0 Å². The Hall–Kier alpha value is -1.00. The Labute approximate surface area is 110 Å². The van der Waals surface area contributed by atoms with Crippen LogP contribution in [0.3, 0.4) is 0 Å². The molecule has 0 spiro atoms. The average molecular weight is 251 g/mol. The first-order chi connectivity index (χ1) is 8.63. The van der Waals surface area contributed by atoms with Gasteiger partial charge in [0.1, 0.15) is 6.10 Å². The lowest BCUT2D eigenvalue weighted by Gasteiger charge is -2.17. The van der Waals surface area contributed by atoms with E-state index in [4.69, 9.17) is 9.72 Å². The maximum atomic E-state index is 5.47. The van der Waals surface area contributed by atoms with E-state index in [1.807, 2.05) is 13.2 Å². The molecule has 1 rings (SSSR count). The van der Waals surface area contributed by atoms with Crippen molar-refractivity contribution in [1.82, 2.24) is 15.3 Å². The number of hydrogen-bond acceptors (Lipinski definition) is 4. The smallest absolute Gasteiger partial charge is 0.157 e. The minimum Gasteiger partial charge on any atom is -0.373 e. The van der Waals surface area contributed by atoms with Crippen molar-refractivity contribution in [2.45, 2.75) is 52.2 Å². The molecule has 4 heteroatoms. The van der Waals surface area contributed by atoms with E-state index in [0.29, 0.717) is 5.92 Å². The number of nitrogens with zero attached hydrogens (tertiary/aromatic N) is 2. The summed E-state index contributed by atoms with van der Waals surface area (Å²) in [5, 5.41) is 3.16. The highest BCUT2D eigenvalue weighted by Gasteiger charge is 2.16. The van der Waals surface area contributed by atoms with E-state index in [1.165, 1.54) is 5.56 Å². The summed E-state index contributed by atoms with van der Waals surface area (Å²) in [5.74, 6) is 1.21. The van der Waals surface area contributed by atoms with Crippen molar-refractivity contribution in [3.63, 3.8) is 0 Å². The van der Waals surface area contributed by atoms with Crippen LogP contribution in [0.5, 0.6) is 0 Å². The molecule has 1 aromatic rings. The van der Waals surface area contributed by atoms with Gasteiger partial charge in [0.25, 0.3) is 0 Å². The molecule has 0 radical (unpaired) electrons. The van der Waals surface area contributed by atoms with Crippen LogP contribution in [0, 0.1) is 0 Å².